The second-order valence-corrected chi connectivity index (χ2v) is 7.79. The maximum absolute atomic E-state index is 12.7. The molecule has 3 rings (SSSR count). The van der Waals surface area contributed by atoms with Crippen LogP contribution in [0.2, 0.25) is 0 Å². The number of nitriles is 1. The molecule has 0 bridgehead atoms. The van der Waals surface area contributed by atoms with Crippen LogP contribution in [0.15, 0.2) is 0 Å². The second-order valence-electron chi connectivity index (χ2n) is 7.79. The fourth-order valence-corrected chi connectivity index (χ4v) is 4.14. The normalized spacial score (nSPS) is 26.1. The van der Waals surface area contributed by atoms with Crippen molar-refractivity contribution in [3.05, 3.63) is 16.8 Å². The van der Waals surface area contributed by atoms with E-state index in [0.717, 1.165) is 43.8 Å². The minimum absolute atomic E-state index is 0.0982. The van der Waals surface area contributed by atoms with Crippen LogP contribution >= 0.6 is 0 Å². The van der Waals surface area contributed by atoms with E-state index in [2.05, 4.69) is 16.3 Å². The van der Waals surface area contributed by atoms with Crippen molar-refractivity contribution in [2.24, 2.45) is 0 Å². The van der Waals surface area contributed by atoms with E-state index < -0.39 is 0 Å². The Hall–Kier alpha value is -1.88. The van der Waals surface area contributed by atoms with E-state index >= 15 is 0 Å². The number of amides is 1. The predicted molar refractivity (Wildman–Crippen MR) is 103 cm³/mol. The summed E-state index contributed by atoms with van der Waals surface area (Å²) in [5.74, 6) is 0.501. The number of nitrogens with zero attached hydrogens (tertiary/aromatic N) is 3. The number of aromatic nitrogens is 1. The first-order chi connectivity index (χ1) is 12.9. The molecule has 2 saturated heterocycles. The van der Waals surface area contributed by atoms with Gasteiger partial charge in [-0.1, -0.05) is 0 Å². The van der Waals surface area contributed by atoms with Gasteiger partial charge in [0.1, 0.15) is 11.9 Å². The Kier molecular flexibility index (Phi) is 6.20. The van der Waals surface area contributed by atoms with Gasteiger partial charge in [0.05, 0.1) is 37.0 Å². The summed E-state index contributed by atoms with van der Waals surface area (Å²) < 4.78 is 13.5. The highest BCUT2D eigenvalue weighted by Gasteiger charge is 2.26. The van der Waals surface area contributed by atoms with Crippen LogP contribution in [0.1, 0.15) is 43.5 Å². The van der Waals surface area contributed by atoms with E-state index in [1.165, 1.54) is 0 Å². The summed E-state index contributed by atoms with van der Waals surface area (Å²) in [6.07, 6.45) is 2.44. The fraction of sp³-hybridized carbons (Fsp3) is 0.700. The number of carbonyl (C=O) groups excluding carboxylic acids is 1. The summed E-state index contributed by atoms with van der Waals surface area (Å²) in [6, 6.07) is 2.26. The zero-order valence-electron chi connectivity index (χ0n) is 16.7. The molecule has 2 aliphatic heterocycles. The van der Waals surface area contributed by atoms with Crippen LogP contribution in [-0.2, 0) is 20.8 Å². The van der Waals surface area contributed by atoms with Crippen molar-refractivity contribution < 1.29 is 14.3 Å². The van der Waals surface area contributed by atoms with E-state index in [9.17, 15) is 10.1 Å². The summed E-state index contributed by atoms with van der Waals surface area (Å²) in [5, 5.41) is 12.6. The summed E-state index contributed by atoms with van der Waals surface area (Å²) in [7, 11) is 0. The molecular formula is C20H30N4O3. The standard InChI is InChI=1S/C20H30N4O3/c1-13-9-23(10-14(2)27-13)12-19(25)22-20-18(8-21)15(3)16(4)24(20)11-17-6-5-7-26-17/h13-14,17H,5-7,9-12H2,1-4H3,(H,22,25)/t13-,14+,17-/m0/s1. The molecule has 2 aliphatic rings. The van der Waals surface area contributed by atoms with Crippen molar-refractivity contribution in [2.75, 3.05) is 31.6 Å². The van der Waals surface area contributed by atoms with Gasteiger partial charge in [0, 0.05) is 25.4 Å². The Labute approximate surface area is 161 Å². The maximum atomic E-state index is 12.7. The number of carbonyl (C=O) groups is 1. The molecule has 3 atom stereocenters. The number of ether oxygens (including phenoxy) is 2. The summed E-state index contributed by atoms with van der Waals surface area (Å²) in [5.41, 5.74) is 2.47. The largest absolute Gasteiger partial charge is 0.376 e. The minimum Gasteiger partial charge on any atom is -0.376 e. The Morgan fingerprint density at radius 3 is 2.59 bits per heavy atom. The average Bonchev–Trinajstić information content (AvgIpc) is 3.17. The molecular weight excluding hydrogens is 344 g/mol. The molecule has 0 radical (unpaired) electrons. The first-order valence-corrected chi connectivity index (χ1v) is 9.78. The lowest BCUT2D eigenvalue weighted by Crippen LogP contribution is -2.48. The molecule has 1 amide bonds. The summed E-state index contributed by atoms with van der Waals surface area (Å²) in [6.45, 7) is 11.2. The molecule has 0 aromatic carbocycles. The third-order valence-corrected chi connectivity index (χ3v) is 5.47. The molecule has 1 N–H and O–H groups in total. The van der Waals surface area contributed by atoms with Crippen molar-refractivity contribution in [3.63, 3.8) is 0 Å². The monoisotopic (exact) mass is 374 g/mol. The van der Waals surface area contributed by atoms with Crippen molar-refractivity contribution in [1.29, 1.82) is 5.26 Å². The van der Waals surface area contributed by atoms with Crippen LogP contribution < -0.4 is 5.32 Å². The van der Waals surface area contributed by atoms with Crippen LogP contribution in [0.25, 0.3) is 0 Å². The van der Waals surface area contributed by atoms with Crippen molar-refractivity contribution in [3.8, 4) is 6.07 Å². The fourth-order valence-electron chi connectivity index (χ4n) is 4.14. The zero-order chi connectivity index (χ0) is 19.6. The smallest absolute Gasteiger partial charge is 0.239 e. The summed E-state index contributed by atoms with van der Waals surface area (Å²) in [4.78, 5) is 14.8. The topological polar surface area (TPSA) is 79.5 Å². The minimum atomic E-state index is -0.0982. The van der Waals surface area contributed by atoms with Gasteiger partial charge in [-0.3, -0.25) is 9.69 Å². The lowest BCUT2D eigenvalue weighted by atomic mass is 10.2. The van der Waals surface area contributed by atoms with E-state index in [-0.39, 0.29) is 24.2 Å². The lowest BCUT2D eigenvalue weighted by molar-refractivity contribution is -0.121. The second kappa shape index (κ2) is 8.42. The van der Waals surface area contributed by atoms with Gasteiger partial charge in [-0.15, -0.1) is 0 Å². The van der Waals surface area contributed by atoms with Crippen molar-refractivity contribution >= 4 is 11.7 Å². The van der Waals surface area contributed by atoms with Crippen LogP contribution in [0.4, 0.5) is 5.82 Å². The van der Waals surface area contributed by atoms with E-state index in [0.29, 0.717) is 24.5 Å². The first kappa shape index (κ1) is 19.9. The third kappa shape index (κ3) is 4.52. The molecule has 3 heterocycles. The van der Waals surface area contributed by atoms with Gasteiger partial charge in [0.15, 0.2) is 0 Å². The van der Waals surface area contributed by atoms with Crippen LogP contribution in [0.5, 0.6) is 0 Å². The molecule has 2 fully saturated rings. The van der Waals surface area contributed by atoms with E-state index in [1.807, 2.05) is 32.3 Å². The van der Waals surface area contributed by atoms with Gasteiger partial charge in [-0.05, 0) is 46.1 Å². The molecule has 0 spiro atoms. The lowest BCUT2D eigenvalue weighted by Gasteiger charge is -2.34. The predicted octanol–water partition coefficient (Wildman–Crippen LogP) is 2.20. The quantitative estimate of drug-likeness (QED) is 0.855. The summed E-state index contributed by atoms with van der Waals surface area (Å²) >= 11 is 0. The molecule has 0 aliphatic carbocycles. The highest BCUT2D eigenvalue weighted by atomic mass is 16.5. The average molecular weight is 374 g/mol. The van der Waals surface area contributed by atoms with Gasteiger partial charge in [-0.2, -0.15) is 5.26 Å². The zero-order valence-corrected chi connectivity index (χ0v) is 16.7. The van der Waals surface area contributed by atoms with Gasteiger partial charge >= 0.3 is 0 Å². The van der Waals surface area contributed by atoms with Crippen LogP contribution in [-0.4, -0.2) is 59.9 Å². The van der Waals surface area contributed by atoms with E-state index in [4.69, 9.17) is 9.47 Å². The van der Waals surface area contributed by atoms with Crippen molar-refractivity contribution in [1.82, 2.24) is 9.47 Å². The highest BCUT2D eigenvalue weighted by Crippen LogP contribution is 2.28. The van der Waals surface area contributed by atoms with Crippen molar-refractivity contribution in [2.45, 2.75) is 65.4 Å². The molecule has 0 saturated carbocycles. The first-order valence-electron chi connectivity index (χ1n) is 9.78. The Morgan fingerprint density at radius 1 is 1.30 bits per heavy atom. The van der Waals surface area contributed by atoms with Crippen LogP contribution in [0, 0.1) is 25.2 Å². The number of nitrogens with one attached hydrogen (secondary N) is 1. The van der Waals surface area contributed by atoms with E-state index in [1.54, 1.807) is 0 Å². The molecule has 148 valence electrons. The Balaban J connectivity index is 1.75. The van der Waals surface area contributed by atoms with Gasteiger partial charge < -0.3 is 19.4 Å². The highest BCUT2D eigenvalue weighted by molar-refractivity contribution is 5.93. The number of hydrogen-bond acceptors (Lipinski definition) is 5. The van der Waals surface area contributed by atoms with Gasteiger partial charge in [-0.25, -0.2) is 0 Å². The van der Waals surface area contributed by atoms with Crippen LogP contribution in [0.3, 0.4) is 0 Å². The Bertz CT molecular complexity index is 721. The van der Waals surface area contributed by atoms with Gasteiger partial charge in [0.2, 0.25) is 5.91 Å². The maximum Gasteiger partial charge on any atom is 0.239 e. The molecule has 1 aromatic rings. The number of morpholine rings is 1. The molecule has 1 aromatic heterocycles. The number of rotatable bonds is 5. The van der Waals surface area contributed by atoms with Gasteiger partial charge in [0.25, 0.3) is 0 Å². The molecule has 7 heteroatoms. The molecule has 7 nitrogen and oxygen atoms in total. The Morgan fingerprint density at radius 2 is 2.00 bits per heavy atom. The number of anilines is 1. The molecule has 0 unspecified atom stereocenters. The SMILES string of the molecule is Cc1c(C#N)c(NC(=O)CN2C[C@@H](C)O[C@@H](C)C2)n(C[C@@H]2CCCO2)c1C. The third-order valence-electron chi connectivity index (χ3n) is 5.47. The molecule has 27 heavy (non-hydrogen) atoms. The number of hydrogen-bond donors (Lipinski definition) is 1.